The molecule has 0 radical (unpaired) electrons. The summed E-state index contributed by atoms with van der Waals surface area (Å²) in [6.45, 7) is 2.77. The number of fused-ring (bicyclic) bond motifs is 1. The number of nitrogen functional groups attached to an aromatic ring is 1. The molecule has 1 aliphatic rings. The van der Waals surface area contributed by atoms with Crippen molar-refractivity contribution in [3.8, 4) is 0 Å². The monoisotopic (exact) mass is 586 g/mol. The number of hydrogen-bond acceptors (Lipinski definition) is 7. The van der Waals surface area contributed by atoms with Gasteiger partial charge in [-0.3, -0.25) is 0 Å². The van der Waals surface area contributed by atoms with Crippen LogP contribution in [0.3, 0.4) is 0 Å². The largest absolute Gasteiger partial charge is 0.383 e. The van der Waals surface area contributed by atoms with Crippen LogP contribution in [0.15, 0.2) is 73.2 Å². The lowest BCUT2D eigenvalue weighted by Gasteiger charge is -2.30. The third-order valence-electron chi connectivity index (χ3n) is 6.23. The van der Waals surface area contributed by atoms with Crippen LogP contribution in [0.5, 0.6) is 0 Å². The van der Waals surface area contributed by atoms with Crippen LogP contribution in [0.25, 0.3) is 11.0 Å². The van der Waals surface area contributed by atoms with E-state index in [2.05, 4.69) is 32.6 Å². The normalized spacial score (nSPS) is 24.3. The minimum absolute atomic E-state index is 0.258. The van der Waals surface area contributed by atoms with Crippen molar-refractivity contribution in [3.63, 3.8) is 0 Å². The Balaban J connectivity index is 1.42. The van der Waals surface area contributed by atoms with Gasteiger partial charge in [-0.25, -0.2) is 9.97 Å². The van der Waals surface area contributed by atoms with E-state index in [9.17, 15) is 5.11 Å². The molecule has 35 heavy (non-hydrogen) atoms. The lowest BCUT2D eigenvalue weighted by atomic mass is 9.96. The zero-order valence-corrected chi connectivity index (χ0v) is 21.4. The lowest BCUT2D eigenvalue weighted by molar-refractivity contribution is -0.114. The summed E-state index contributed by atoms with van der Waals surface area (Å²) in [6.07, 6.45) is 1.39. The Kier molecular flexibility index (Phi) is 7.03. The molecule has 5 rings (SSSR count). The second-order valence-corrected chi connectivity index (χ2v) is 9.97. The summed E-state index contributed by atoms with van der Waals surface area (Å²) in [7, 11) is 0. The van der Waals surface area contributed by atoms with Crippen molar-refractivity contribution >= 4 is 39.4 Å². The fourth-order valence-corrected chi connectivity index (χ4v) is 5.33. The van der Waals surface area contributed by atoms with E-state index in [0.717, 1.165) is 20.1 Å². The number of rotatable bonds is 8. The van der Waals surface area contributed by atoms with Gasteiger partial charge in [0, 0.05) is 9.77 Å². The number of nitrogens with zero attached hydrogens (tertiary/aromatic N) is 3. The Morgan fingerprint density at radius 2 is 1.71 bits per heavy atom. The minimum atomic E-state index is -1.37. The number of aromatic nitrogens is 3. The maximum absolute atomic E-state index is 11.8. The highest BCUT2D eigenvalue weighted by Gasteiger charge is 2.55. The van der Waals surface area contributed by atoms with Crippen LogP contribution in [0.1, 0.15) is 24.3 Å². The van der Waals surface area contributed by atoms with Gasteiger partial charge in [0.25, 0.3) is 0 Å². The number of aliphatic hydroxyl groups is 1. The standard InChI is InChI=1S/C26H27IN4O4/c1-26(32)22(34-14-18-10-6-3-7-11-18)20(15-33-13-17-8-4-2-5-9-17)35-25(26)31-12-19(27)21-23(28)29-16-30-24(21)31/h2-12,16,20,22,25,32H,13-15H2,1H3,(H2,28,29,30)/t20-,22-,25?,26-/m1/s1. The zero-order valence-electron chi connectivity index (χ0n) is 19.3. The van der Waals surface area contributed by atoms with E-state index < -0.39 is 24.0 Å². The minimum Gasteiger partial charge on any atom is -0.383 e. The summed E-state index contributed by atoms with van der Waals surface area (Å²) >= 11 is 2.19. The first-order valence-electron chi connectivity index (χ1n) is 11.4. The molecule has 0 bridgehead atoms. The van der Waals surface area contributed by atoms with Crippen LogP contribution < -0.4 is 5.73 Å². The van der Waals surface area contributed by atoms with Crippen LogP contribution >= 0.6 is 22.6 Å². The average molecular weight is 586 g/mol. The summed E-state index contributed by atoms with van der Waals surface area (Å²) in [4.78, 5) is 8.53. The third-order valence-corrected chi connectivity index (χ3v) is 7.05. The molecule has 182 valence electrons. The van der Waals surface area contributed by atoms with Gasteiger partial charge in [0.2, 0.25) is 0 Å². The Hall–Kier alpha value is -2.57. The molecular weight excluding hydrogens is 559 g/mol. The van der Waals surface area contributed by atoms with E-state index in [-0.39, 0.29) is 6.61 Å². The van der Waals surface area contributed by atoms with E-state index in [1.165, 1.54) is 6.33 Å². The van der Waals surface area contributed by atoms with Crippen molar-refractivity contribution in [1.29, 1.82) is 0 Å². The van der Waals surface area contributed by atoms with Crippen LogP contribution in [0, 0.1) is 3.57 Å². The van der Waals surface area contributed by atoms with Crippen LogP contribution in [0.4, 0.5) is 5.82 Å². The highest BCUT2D eigenvalue weighted by atomic mass is 127. The molecule has 2 aromatic heterocycles. The Bertz CT molecular complexity index is 1280. The second-order valence-electron chi connectivity index (χ2n) is 8.81. The molecule has 3 N–H and O–H groups in total. The SMILES string of the molecule is C[C@]1(O)C(n2cc(I)c3c(N)ncnc32)O[C@H](COCc2ccccc2)[C@H]1OCc1ccccc1. The van der Waals surface area contributed by atoms with E-state index >= 15 is 0 Å². The Morgan fingerprint density at radius 1 is 1.06 bits per heavy atom. The first-order chi connectivity index (χ1) is 16.9. The number of ether oxygens (including phenoxy) is 3. The van der Waals surface area contributed by atoms with E-state index in [4.69, 9.17) is 19.9 Å². The van der Waals surface area contributed by atoms with Crippen LogP contribution in [0.2, 0.25) is 0 Å². The summed E-state index contributed by atoms with van der Waals surface area (Å²) in [5.41, 5.74) is 7.41. The number of anilines is 1. The van der Waals surface area contributed by atoms with E-state index in [1.54, 1.807) is 6.92 Å². The lowest BCUT2D eigenvalue weighted by Crippen LogP contribution is -2.46. The summed E-state index contributed by atoms with van der Waals surface area (Å²) in [5.74, 6) is 0.385. The predicted octanol–water partition coefficient (Wildman–Crippen LogP) is 4.07. The first-order valence-corrected chi connectivity index (χ1v) is 12.4. The van der Waals surface area contributed by atoms with Gasteiger partial charge in [-0.1, -0.05) is 60.7 Å². The van der Waals surface area contributed by atoms with Gasteiger partial charge in [-0.05, 0) is 40.6 Å². The van der Waals surface area contributed by atoms with Crippen molar-refractivity contribution in [2.75, 3.05) is 12.3 Å². The van der Waals surface area contributed by atoms with Gasteiger partial charge in [-0.15, -0.1) is 0 Å². The molecule has 1 aliphatic heterocycles. The van der Waals surface area contributed by atoms with Gasteiger partial charge >= 0.3 is 0 Å². The molecular formula is C26H27IN4O4. The van der Waals surface area contributed by atoms with E-state index in [0.29, 0.717) is 24.7 Å². The molecule has 0 saturated carbocycles. The molecule has 0 aliphatic carbocycles. The van der Waals surface area contributed by atoms with E-state index in [1.807, 2.05) is 71.4 Å². The molecule has 1 fully saturated rings. The molecule has 8 nitrogen and oxygen atoms in total. The van der Waals surface area contributed by atoms with Gasteiger partial charge in [0.1, 0.15) is 35.6 Å². The summed E-state index contributed by atoms with van der Waals surface area (Å²) in [5, 5.41) is 12.5. The fourth-order valence-electron chi connectivity index (χ4n) is 4.51. The average Bonchev–Trinajstić information content (AvgIpc) is 3.32. The van der Waals surface area contributed by atoms with Crippen molar-refractivity contribution in [2.24, 2.45) is 0 Å². The van der Waals surface area contributed by atoms with Crippen molar-refractivity contribution < 1.29 is 19.3 Å². The summed E-state index contributed by atoms with van der Waals surface area (Å²) in [6, 6.07) is 19.8. The molecule has 4 atom stereocenters. The van der Waals surface area contributed by atoms with Crippen LogP contribution in [-0.2, 0) is 27.4 Å². The molecule has 0 spiro atoms. The quantitative estimate of drug-likeness (QED) is 0.300. The van der Waals surface area contributed by atoms with Crippen molar-refractivity contribution in [3.05, 3.63) is 87.9 Å². The van der Waals surface area contributed by atoms with Crippen LogP contribution in [-0.4, -0.2) is 44.1 Å². The molecule has 3 heterocycles. The van der Waals surface area contributed by atoms with Gasteiger partial charge in [-0.2, -0.15) is 0 Å². The number of nitrogens with two attached hydrogens (primary N) is 1. The first kappa shape index (κ1) is 24.1. The molecule has 2 aromatic carbocycles. The highest BCUT2D eigenvalue weighted by molar-refractivity contribution is 14.1. The molecule has 0 amide bonds. The number of halogens is 1. The molecule has 4 aromatic rings. The molecule has 1 saturated heterocycles. The highest BCUT2D eigenvalue weighted by Crippen LogP contribution is 2.43. The fraction of sp³-hybridized carbons (Fsp3) is 0.308. The number of benzene rings is 2. The van der Waals surface area contributed by atoms with Gasteiger partial charge < -0.3 is 29.6 Å². The van der Waals surface area contributed by atoms with Gasteiger partial charge in [0.05, 0.1) is 25.2 Å². The predicted molar refractivity (Wildman–Crippen MR) is 140 cm³/mol. The molecule has 9 heteroatoms. The number of hydrogen-bond donors (Lipinski definition) is 2. The third kappa shape index (κ3) is 4.91. The second kappa shape index (κ2) is 10.2. The van der Waals surface area contributed by atoms with Crippen molar-refractivity contribution in [1.82, 2.24) is 14.5 Å². The Morgan fingerprint density at radius 3 is 2.40 bits per heavy atom. The van der Waals surface area contributed by atoms with Crippen molar-refractivity contribution in [2.45, 2.75) is 44.2 Å². The zero-order chi connectivity index (χ0) is 24.4. The Labute approximate surface area is 217 Å². The smallest absolute Gasteiger partial charge is 0.167 e. The maximum Gasteiger partial charge on any atom is 0.167 e. The maximum atomic E-state index is 11.8. The van der Waals surface area contributed by atoms with Gasteiger partial charge in [0.15, 0.2) is 6.23 Å². The summed E-state index contributed by atoms with van der Waals surface area (Å²) < 4.78 is 21.4. The topological polar surface area (TPSA) is 105 Å². The molecule has 1 unspecified atom stereocenters.